The molecule has 184 valence electrons. The molecule has 0 N–H and O–H groups in total. The van der Waals surface area contributed by atoms with Crippen LogP contribution >= 0.6 is 0 Å². The molecule has 0 fully saturated rings. The summed E-state index contributed by atoms with van der Waals surface area (Å²) >= 11 is 0. The van der Waals surface area contributed by atoms with Crippen molar-refractivity contribution in [2.45, 2.75) is 19.3 Å². The Hall–Kier alpha value is -4.89. The van der Waals surface area contributed by atoms with Gasteiger partial charge in [-0.05, 0) is 85.4 Å². The first kappa shape index (κ1) is 22.1. The van der Waals surface area contributed by atoms with Crippen molar-refractivity contribution < 1.29 is 0 Å². The second-order valence-corrected chi connectivity index (χ2v) is 11.0. The zero-order valence-corrected chi connectivity index (χ0v) is 21.8. The zero-order valence-electron chi connectivity index (χ0n) is 21.8. The molecular weight excluding hydrogens is 474 g/mol. The molecule has 3 nitrogen and oxygen atoms in total. The van der Waals surface area contributed by atoms with E-state index in [9.17, 15) is 0 Å². The molecule has 39 heavy (non-hydrogen) atoms. The minimum Gasteiger partial charge on any atom is -0.261 e. The fourth-order valence-corrected chi connectivity index (χ4v) is 6.31. The highest BCUT2D eigenvalue weighted by Gasteiger charge is 2.35. The van der Waals surface area contributed by atoms with Crippen molar-refractivity contribution in [1.29, 1.82) is 0 Å². The third kappa shape index (κ3) is 3.33. The quantitative estimate of drug-likeness (QED) is 0.228. The Kier molecular flexibility index (Phi) is 4.57. The van der Waals surface area contributed by atoms with Gasteiger partial charge in [0.2, 0.25) is 0 Å². The van der Waals surface area contributed by atoms with Crippen molar-refractivity contribution >= 4 is 32.3 Å². The molecule has 1 aliphatic rings. The maximum atomic E-state index is 4.88. The van der Waals surface area contributed by atoms with Crippen LogP contribution in [0.15, 0.2) is 116 Å². The van der Waals surface area contributed by atoms with Crippen LogP contribution in [0.4, 0.5) is 0 Å². The molecule has 0 spiro atoms. The molecule has 0 unspecified atom stereocenters. The minimum absolute atomic E-state index is 0.132. The summed E-state index contributed by atoms with van der Waals surface area (Å²) in [4.78, 5) is 13.7. The van der Waals surface area contributed by atoms with Gasteiger partial charge in [-0.3, -0.25) is 15.0 Å². The number of hydrogen-bond donors (Lipinski definition) is 0. The van der Waals surface area contributed by atoms with Crippen LogP contribution in [0.2, 0.25) is 0 Å². The normalized spacial score (nSPS) is 13.6. The summed E-state index contributed by atoms with van der Waals surface area (Å²) in [6, 6.07) is 33.1. The molecule has 0 atom stereocenters. The second kappa shape index (κ2) is 8.05. The summed E-state index contributed by atoms with van der Waals surface area (Å²) in [5.41, 5.74) is 9.05. The van der Waals surface area contributed by atoms with Gasteiger partial charge < -0.3 is 0 Å². The first-order valence-corrected chi connectivity index (χ1v) is 13.3. The van der Waals surface area contributed by atoms with Gasteiger partial charge in [-0.15, -0.1) is 0 Å². The summed E-state index contributed by atoms with van der Waals surface area (Å²) in [6.07, 6.45) is 7.33. The maximum absolute atomic E-state index is 4.88. The highest BCUT2D eigenvalue weighted by molar-refractivity contribution is 6.16. The van der Waals surface area contributed by atoms with E-state index in [1.807, 2.05) is 12.4 Å². The Morgan fingerprint density at radius 1 is 0.487 bits per heavy atom. The Balaban J connectivity index is 1.23. The lowest BCUT2D eigenvalue weighted by Gasteiger charge is -2.23. The molecular formula is C36H25N3. The number of rotatable bonds is 3. The number of fused-ring (bicyclic) bond motifs is 1. The molecule has 3 heteroatoms. The van der Waals surface area contributed by atoms with Crippen molar-refractivity contribution in [2.24, 2.45) is 0 Å². The topological polar surface area (TPSA) is 38.7 Å². The second-order valence-electron chi connectivity index (χ2n) is 11.0. The van der Waals surface area contributed by atoms with Gasteiger partial charge in [0.1, 0.15) is 0 Å². The Bertz CT molecular complexity index is 2070. The molecule has 0 aliphatic heterocycles. The van der Waals surface area contributed by atoms with Crippen LogP contribution < -0.4 is 0 Å². The molecule has 0 radical (unpaired) electrons. The van der Waals surface area contributed by atoms with E-state index in [1.165, 1.54) is 49.0 Å². The van der Waals surface area contributed by atoms with Crippen LogP contribution in [-0.4, -0.2) is 15.0 Å². The van der Waals surface area contributed by atoms with E-state index in [1.54, 1.807) is 12.4 Å². The molecule has 2 heterocycles. The minimum atomic E-state index is -0.132. The van der Waals surface area contributed by atoms with Crippen molar-refractivity contribution in [3.8, 4) is 33.6 Å². The smallest absolute Gasteiger partial charge is 0.0885 e. The standard InChI is InChI=1S/C36H25N3/c1-36(2)30-18-28(27-11-12-32(39-20-27)24-8-7-22-5-3-4-6-23(22)15-24)16-25-9-10-26-17-29(33-21-37-13-14-38-33)19-31(36)35(26)34(25)30/h3-21H,1-2H3. The molecule has 5 aromatic carbocycles. The number of aromatic nitrogens is 3. The molecule has 0 saturated carbocycles. The first-order valence-electron chi connectivity index (χ1n) is 13.3. The van der Waals surface area contributed by atoms with E-state index in [4.69, 9.17) is 4.98 Å². The molecule has 0 saturated heterocycles. The average molecular weight is 500 g/mol. The van der Waals surface area contributed by atoms with Gasteiger partial charge in [0.05, 0.1) is 17.6 Å². The predicted octanol–water partition coefficient (Wildman–Crippen LogP) is 8.97. The number of nitrogens with zero attached hydrogens (tertiary/aromatic N) is 3. The number of benzene rings is 5. The summed E-state index contributed by atoms with van der Waals surface area (Å²) in [7, 11) is 0. The fraction of sp³-hybridized carbons (Fsp3) is 0.0833. The molecule has 8 rings (SSSR count). The Labute approximate surface area is 226 Å². The third-order valence-corrected chi connectivity index (χ3v) is 8.38. The highest BCUT2D eigenvalue weighted by atomic mass is 14.8. The Morgan fingerprint density at radius 2 is 1.15 bits per heavy atom. The molecule has 7 aromatic rings. The summed E-state index contributed by atoms with van der Waals surface area (Å²) < 4.78 is 0. The van der Waals surface area contributed by atoms with Crippen LogP contribution in [0.5, 0.6) is 0 Å². The van der Waals surface area contributed by atoms with E-state index in [0.29, 0.717) is 0 Å². The fourth-order valence-electron chi connectivity index (χ4n) is 6.31. The lowest BCUT2D eigenvalue weighted by atomic mass is 9.80. The van der Waals surface area contributed by atoms with Crippen LogP contribution in [0.1, 0.15) is 25.0 Å². The van der Waals surface area contributed by atoms with Crippen LogP contribution in [0.3, 0.4) is 0 Å². The van der Waals surface area contributed by atoms with Gasteiger partial charge in [0.25, 0.3) is 0 Å². The van der Waals surface area contributed by atoms with Crippen LogP contribution in [0, 0.1) is 0 Å². The lowest BCUT2D eigenvalue weighted by Crippen LogP contribution is -2.15. The van der Waals surface area contributed by atoms with Crippen LogP contribution in [-0.2, 0) is 5.41 Å². The van der Waals surface area contributed by atoms with Crippen molar-refractivity contribution in [3.63, 3.8) is 0 Å². The molecule has 0 amide bonds. The first-order chi connectivity index (χ1) is 19.1. The van der Waals surface area contributed by atoms with Crippen molar-refractivity contribution in [2.75, 3.05) is 0 Å². The van der Waals surface area contributed by atoms with E-state index in [-0.39, 0.29) is 5.41 Å². The van der Waals surface area contributed by atoms with E-state index < -0.39 is 0 Å². The summed E-state index contributed by atoms with van der Waals surface area (Å²) in [5, 5.41) is 7.72. The molecule has 1 aliphatic carbocycles. The summed E-state index contributed by atoms with van der Waals surface area (Å²) in [6.45, 7) is 4.67. The van der Waals surface area contributed by atoms with Gasteiger partial charge in [0, 0.05) is 40.7 Å². The van der Waals surface area contributed by atoms with Crippen molar-refractivity contribution in [1.82, 2.24) is 15.0 Å². The van der Waals surface area contributed by atoms with Gasteiger partial charge in [-0.1, -0.05) is 68.4 Å². The van der Waals surface area contributed by atoms with E-state index in [0.717, 1.165) is 28.1 Å². The van der Waals surface area contributed by atoms with Crippen molar-refractivity contribution in [3.05, 3.63) is 127 Å². The summed E-state index contributed by atoms with van der Waals surface area (Å²) in [5.74, 6) is 0. The van der Waals surface area contributed by atoms with E-state index >= 15 is 0 Å². The van der Waals surface area contributed by atoms with Gasteiger partial charge in [-0.2, -0.15) is 0 Å². The average Bonchev–Trinajstić information content (AvgIpc) is 3.23. The predicted molar refractivity (Wildman–Crippen MR) is 161 cm³/mol. The number of hydrogen-bond acceptors (Lipinski definition) is 3. The highest BCUT2D eigenvalue weighted by Crippen LogP contribution is 2.51. The maximum Gasteiger partial charge on any atom is 0.0885 e. The van der Waals surface area contributed by atoms with E-state index in [2.05, 4.69) is 115 Å². The van der Waals surface area contributed by atoms with Gasteiger partial charge in [-0.25, -0.2) is 0 Å². The van der Waals surface area contributed by atoms with Gasteiger partial charge >= 0.3 is 0 Å². The van der Waals surface area contributed by atoms with Gasteiger partial charge in [0.15, 0.2) is 0 Å². The molecule has 2 aromatic heterocycles. The molecule has 0 bridgehead atoms. The van der Waals surface area contributed by atoms with Crippen LogP contribution in [0.25, 0.3) is 66.0 Å². The largest absolute Gasteiger partial charge is 0.261 e. The third-order valence-electron chi connectivity index (χ3n) is 8.38. The number of pyridine rings is 1. The lowest BCUT2D eigenvalue weighted by molar-refractivity contribution is 0.663. The zero-order chi connectivity index (χ0) is 26.1. The monoisotopic (exact) mass is 499 g/mol. The Morgan fingerprint density at radius 3 is 1.87 bits per heavy atom. The SMILES string of the molecule is CC1(C)c2cc(-c3ccc(-c4ccc5ccccc5c4)nc3)cc3ccc4cc(-c5cnccn5)cc1c4c23.